The van der Waals surface area contributed by atoms with E-state index in [0.29, 0.717) is 22.3 Å². The quantitative estimate of drug-likeness (QED) is 0.654. The number of carbonyl (C=O) groups excluding carboxylic acids is 1. The second kappa shape index (κ2) is 7.09. The van der Waals surface area contributed by atoms with Crippen molar-refractivity contribution in [3.8, 4) is 0 Å². The Morgan fingerprint density at radius 3 is 2.62 bits per heavy atom. The summed E-state index contributed by atoms with van der Waals surface area (Å²) in [6.45, 7) is 1.85. The van der Waals surface area contributed by atoms with Gasteiger partial charge in [0.2, 0.25) is 5.91 Å². The number of likely N-dealkylation sites (N-methyl/N-ethyl adjacent to an activating group) is 1. The molecule has 1 atom stereocenters. The standard InChI is InChI=1S/C18H18F2N4O2/c1-10(24(2)9-11-3-4-12(19)7-14(11)20)17(25)21-13-5-6-15-16(8-13)23-18(26)22-15/h3-8,10H,9H2,1-2H3,(H,21,25)(H2,22,23,26). The molecule has 0 saturated carbocycles. The van der Waals surface area contributed by atoms with E-state index in [1.54, 1.807) is 37.1 Å². The van der Waals surface area contributed by atoms with Crippen LogP contribution in [0.25, 0.3) is 11.0 Å². The molecular weight excluding hydrogens is 342 g/mol. The van der Waals surface area contributed by atoms with Gasteiger partial charge in [-0.1, -0.05) is 6.07 Å². The summed E-state index contributed by atoms with van der Waals surface area (Å²) in [7, 11) is 1.68. The van der Waals surface area contributed by atoms with E-state index in [1.165, 1.54) is 12.1 Å². The van der Waals surface area contributed by atoms with Crippen molar-refractivity contribution >= 4 is 22.6 Å². The van der Waals surface area contributed by atoms with Crippen molar-refractivity contribution in [3.63, 3.8) is 0 Å². The summed E-state index contributed by atoms with van der Waals surface area (Å²) in [4.78, 5) is 30.6. The average Bonchev–Trinajstić information content (AvgIpc) is 2.95. The monoisotopic (exact) mass is 360 g/mol. The molecule has 2 aromatic carbocycles. The third kappa shape index (κ3) is 3.80. The number of amides is 1. The van der Waals surface area contributed by atoms with Crippen LogP contribution in [-0.4, -0.2) is 33.9 Å². The van der Waals surface area contributed by atoms with Gasteiger partial charge in [-0.15, -0.1) is 0 Å². The van der Waals surface area contributed by atoms with E-state index in [2.05, 4.69) is 15.3 Å². The van der Waals surface area contributed by atoms with Crippen LogP contribution < -0.4 is 11.0 Å². The Labute approximate surface area is 147 Å². The summed E-state index contributed by atoms with van der Waals surface area (Å²) in [5.74, 6) is -1.57. The fourth-order valence-electron chi connectivity index (χ4n) is 2.61. The fraction of sp³-hybridized carbons (Fsp3) is 0.222. The Bertz CT molecular complexity index is 1010. The minimum absolute atomic E-state index is 0.158. The number of anilines is 1. The predicted octanol–water partition coefficient (Wildman–Crippen LogP) is 2.59. The minimum atomic E-state index is -0.647. The lowest BCUT2D eigenvalue weighted by Crippen LogP contribution is -2.39. The van der Waals surface area contributed by atoms with E-state index in [4.69, 9.17) is 0 Å². The number of aromatic amines is 2. The molecule has 0 bridgehead atoms. The smallest absolute Gasteiger partial charge is 0.323 e. The first-order chi connectivity index (χ1) is 12.3. The highest BCUT2D eigenvalue weighted by Crippen LogP contribution is 2.16. The normalized spacial score (nSPS) is 12.5. The van der Waals surface area contributed by atoms with E-state index in [0.717, 1.165) is 6.07 Å². The highest BCUT2D eigenvalue weighted by atomic mass is 19.1. The number of hydrogen-bond donors (Lipinski definition) is 3. The Hall–Kier alpha value is -3.00. The summed E-state index contributed by atoms with van der Waals surface area (Å²) in [6.07, 6.45) is 0. The molecule has 6 nitrogen and oxygen atoms in total. The summed E-state index contributed by atoms with van der Waals surface area (Å²) < 4.78 is 26.8. The number of halogens is 2. The Morgan fingerprint density at radius 2 is 1.88 bits per heavy atom. The zero-order valence-electron chi connectivity index (χ0n) is 14.3. The van der Waals surface area contributed by atoms with Crippen molar-refractivity contribution in [1.82, 2.24) is 14.9 Å². The Kier molecular flexibility index (Phi) is 4.85. The molecule has 1 heterocycles. The number of hydrogen-bond acceptors (Lipinski definition) is 3. The average molecular weight is 360 g/mol. The molecule has 26 heavy (non-hydrogen) atoms. The van der Waals surface area contributed by atoms with Gasteiger partial charge in [-0.05, 0) is 38.2 Å². The first-order valence-electron chi connectivity index (χ1n) is 8.00. The summed E-state index contributed by atoms with van der Waals surface area (Å²) in [5.41, 5.74) is 1.75. The number of rotatable bonds is 5. The molecule has 136 valence electrons. The highest BCUT2D eigenvalue weighted by Gasteiger charge is 2.19. The molecule has 1 amide bonds. The summed E-state index contributed by atoms with van der Waals surface area (Å²) in [5, 5.41) is 2.76. The number of fused-ring (bicyclic) bond motifs is 1. The van der Waals surface area contributed by atoms with Crippen molar-refractivity contribution in [2.24, 2.45) is 0 Å². The largest absolute Gasteiger partial charge is 0.325 e. The zero-order chi connectivity index (χ0) is 18.8. The van der Waals surface area contributed by atoms with E-state index in [-0.39, 0.29) is 18.1 Å². The van der Waals surface area contributed by atoms with Crippen LogP contribution in [0.2, 0.25) is 0 Å². The highest BCUT2D eigenvalue weighted by molar-refractivity contribution is 5.96. The van der Waals surface area contributed by atoms with Crippen molar-refractivity contribution in [2.75, 3.05) is 12.4 Å². The van der Waals surface area contributed by atoms with E-state index < -0.39 is 17.7 Å². The molecule has 0 saturated heterocycles. The number of H-pyrrole nitrogens is 2. The zero-order valence-corrected chi connectivity index (χ0v) is 14.3. The number of imidazole rings is 1. The summed E-state index contributed by atoms with van der Waals surface area (Å²) >= 11 is 0. The van der Waals surface area contributed by atoms with Crippen LogP contribution in [0.1, 0.15) is 12.5 Å². The number of nitrogens with one attached hydrogen (secondary N) is 3. The predicted molar refractivity (Wildman–Crippen MR) is 94.8 cm³/mol. The Morgan fingerprint density at radius 1 is 1.15 bits per heavy atom. The number of aromatic nitrogens is 2. The molecule has 1 unspecified atom stereocenters. The third-order valence-electron chi connectivity index (χ3n) is 4.26. The van der Waals surface area contributed by atoms with Gasteiger partial charge in [0.05, 0.1) is 17.1 Å². The van der Waals surface area contributed by atoms with Crippen LogP contribution in [0, 0.1) is 11.6 Å². The lowest BCUT2D eigenvalue weighted by molar-refractivity contribution is -0.120. The molecule has 0 spiro atoms. The van der Waals surface area contributed by atoms with Crippen LogP contribution in [0.3, 0.4) is 0 Å². The van der Waals surface area contributed by atoms with E-state index in [9.17, 15) is 18.4 Å². The minimum Gasteiger partial charge on any atom is -0.325 e. The molecule has 0 aliphatic rings. The maximum Gasteiger partial charge on any atom is 0.323 e. The van der Waals surface area contributed by atoms with Crippen molar-refractivity contribution in [1.29, 1.82) is 0 Å². The van der Waals surface area contributed by atoms with Crippen LogP contribution >= 0.6 is 0 Å². The van der Waals surface area contributed by atoms with Gasteiger partial charge in [-0.2, -0.15) is 0 Å². The van der Waals surface area contributed by atoms with Crippen molar-refractivity contribution in [3.05, 3.63) is 64.1 Å². The lowest BCUT2D eigenvalue weighted by atomic mass is 10.1. The molecule has 3 aromatic rings. The number of carbonyl (C=O) groups is 1. The molecule has 3 N–H and O–H groups in total. The number of benzene rings is 2. The second-order valence-corrected chi connectivity index (χ2v) is 6.16. The molecule has 0 aliphatic carbocycles. The van der Waals surface area contributed by atoms with Crippen molar-refractivity contribution < 1.29 is 13.6 Å². The molecule has 0 aliphatic heterocycles. The molecule has 3 rings (SSSR count). The molecule has 8 heteroatoms. The summed E-state index contributed by atoms with van der Waals surface area (Å²) in [6, 6.07) is 7.83. The van der Waals surface area contributed by atoms with Crippen LogP contribution in [0.5, 0.6) is 0 Å². The van der Waals surface area contributed by atoms with Crippen molar-refractivity contribution in [2.45, 2.75) is 19.5 Å². The number of nitrogens with zero attached hydrogens (tertiary/aromatic N) is 1. The van der Waals surface area contributed by atoms with Crippen LogP contribution in [-0.2, 0) is 11.3 Å². The van der Waals surface area contributed by atoms with Gasteiger partial charge < -0.3 is 15.3 Å². The lowest BCUT2D eigenvalue weighted by Gasteiger charge is -2.24. The first kappa shape index (κ1) is 17.8. The van der Waals surface area contributed by atoms with Gasteiger partial charge >= 0.3 is 5.69 Å². The van der Waals surface area contributed by atoms with Gasteiger partial charge in [0.15, 0.2) is 0 Å². The maximum absolute atomic E-state index is 13.8. The second-order valence-electron chi connectivity index (χ2n) is 6.16. The molecule has 0 fully saturated rings. The van der Waals surface area contributed by atoms with Gasteiger partial charge in [0.25, 0.3) is 0 Å². The van der Waals surface area contributed by atoms with E-state index in [1.807, 2.05) is 0 Å². The first-order valence-corrected chi connectivity index (χ1v) is 8.00. The molecular formula is C18H18F2N4O2. The van der Waals surface area contributed by atoms with Gasteiger partial charge in [0, 0.05) is 23.9 Å². The van der Waals surface area contributed by atoms with Gasteiger partial charge in [-0.3, -0.25) is 9.69 Å². The fourth-order valence-corrected chi connectivity index (χ4v) is 2.61. The van der Waals surface area contributed by atoms with Gasteiger partial charge in [0.1, 0.15) is 11.6 Å². The maximum atomic E-state index is 13.8. The molecule has 0 radical (unpaired) electrons. The van der Waals surface area contributed by atoms with Crippen LogP contribution in [0.15, 0.2) is 41.2 Å². The third-order valence-corrected chi connectivity index (χ3v) is 4.26. The SMILES string of the molecule is CC(C(=O)Nc1ccc2[nH]c(=O)[nH]c2c1)N(C)Cc1ccc(F)cc1F. The van der Waals surface area contributed by atoms with Gasteiger partial charge in [-0.25, -0.2) is 13.6 Å². The van der Waals surface area contributed by atoms with Crippen LogP contribution in [0.4, 0.5) is 14.5 Å². The molecule has 1 aromatic heterocycles. The Balaban J connectivity index is 1.68. The van der Waals surface area contributed by atoms with E-state index >= 15 is 0 Å². The topological polar surface area (TPSA) is 81.0 Å².